The minimum absolute atomic E-state index is 0.00172. The number of benzene rings is 3. The van der Waals surface area contributed by atoms with Crippen LogP contribution in [0.5, 0.6) is 0 Å². The average molecular weight is 351 g/mol. The summed E-state index contributed by atoms with van der Waals surface area (Å²) in [6.07, 6.45) is 1.75. The van der Waals surface area contributed by atoms with Gasteiger partial charge in [0.2, 0.25) is 5.56 Å². The molecular weight excluding hydrogens is 334 g/mol. The van der Waals surface area contributed by atoms with Crippen molar-refractivity contribution in [2.24, 2.45) is 0 Å². The summed E-state index contributed by atoms with van der Waals surface area (Å²) in [5.74, 6) is 0.00172. The predicted octanol–water partition coefficient (Wildman–Crippen LogP) is 4.52. The number of hydrogen-bond acceptors (Lipinski definition) is 2. The van der Waals surface area contributed by atoms with Crippen LogP contribution >= 0.6 is 0 Å². The molecular formula is C24H17NO2. The molecule has 6 bridgehead atoms. The SMILES string of the molecule is O=C1c2cccc(c2)CCc2cccc(c2)-c2cc(=O)[nH]c3ccc1cc23. The summed E-state index contributed by atoms with van der Waals surface area (Å²) in [5, 5.41) is 0.882. The molecule has 3 nitrogen and oxygen atoms in total. The van der Waals surface area contributed by atoms with Crippen LogP contribution in [0.2, 0.25) is 0 Å². The smallest absolute Gasteiger partial charge is 0.249 e. The van der Waals surface area contributed by atoms with Gasteiger partial charge in [0.1, 0.15) is 0 Å². The van der Waals surface area contributed by atoms with E-state index in [0.29, 0.717) is 11.1 Å². The van der Waals surface area contributed by atoms with Gasteiger partial charge in [-0.15, -0.1) is 0 Å². The second-order valence-electron chi connectivity index (χ2n) is 7.04. The van der Waals surface area contributed by atoms with E-state index in [4.69, 9.17) is 0 Å². The van der Waals surface area contributed by atoms with Gasteiger partial charge in [-0.1, -0.05) is 42.5 Å². The van der Waals surface area contributed by atoms with E-state index in [1.54, 1.807) is 12.1 Å². The summed E-state index contributed by atoms with van der Waals surface area (Å²) in [7, 11) is 0. The summed E-state index contributed by atoms with van der Waals surface area (Å²) in [5.41, 5.74) is 6.15. The van der Waals surface area contributed by atoms with Crippen molar-refractivity contribution in [2.45, 2.75) is 12.8 Å². The maximum absolute atomic E-state index is 13.0. The molecule has 0 radical (unpaired) electrons. The molecule has 0 spiro atoms. The third-order valence-electron chi connectivity index (χ3n) is 5.23. The fourth-order valence-corrected chi connectivity index (χ4v) is 3.85. The molecule has 1 aliphatic carbocycles. The van der Waals surface area contributed by atoms with Crippen molar-refractivity contribution in [3.05, 3.63) is 105 Å². The van der Waals surface area contributed by atoms with E-state index in [1.165, 1.54) is 5.56 Å². The zero-order valence-corrected chi connectivity index (χ0v) is 14.7. The van der Waals surface area contributed by atoms with Crippen LogP contribution in [0.3, 0.4) is 0 Å². The third kappa shape index (κ3) is 2.77. The summed E-state index contributed by atoms with van der Waals surface area (Å²) >= 11 is 0. The molecule has 0 amide bonds. The van der Waals surface area contributed by atoms with Gasteiger partial charge >= 0.3 is 0 Å². The number of aromatic nitrogens is 1. The molecule has 3 aromatic carbocycles. The number of aromatic amines is 1. The van der Waals surface area contributed by atoms with Gasteiger partial charge in [0.05, 0.1) is 0 Å². The van der Waals surface area contributed by atoms with Crippen molar-refractivity contribution in [1.29, 1.82) is 0 Å². The first-order valence-electron chi connectivity index (χ1n) is 9.07. The van der Waals surface area contributed by atoms with E-state index in [-0.39, 0.29) is 11.3 Å². The summed E-state index contributed by atoms with van der Waals surface area (Å²) < 4.78 is 0. The molecule has 130 valence electrons. The van der Waals surface area contributed by atoms with Crippen LogP contribution < -0.4 is 5.56 Å². The number of H-pyrrole nitrogens is 1. The van der Waals surface area contributed by atoms with Crippen molar-refractivity contribution in [1.82, 2.24) is 4.98 Å². The Morgan fingerprint density at radius 1 is 0.667 bits per heavy atom. The maximum atomic E-state index is 13.0. The van der Waals surface area contributed by atoms with Gasteiger partial charge in [-0.2, -0.15) is 0 Å². The standard InChI is InChI=1S/C24H17NO2/c26-23-14-20-17-5-1-3-15(11-17)7-8-16-4-2-6-18(12-16)24(27)19-9-10-22(25-23)21(20)13-19/h1-6,9-14H,7-8H2,(H,25,26). The number of carbonyl (C=O) groups excluding carboxylic acids is 1. The molecule has 0 atom stereocenters. The number of nitrogens with one attached hydrogen (secondary N) is 1. The first kappa shape index (κ1) is 15.8. The lowest BCUT2D eigenvalue weighted by molar-refractivity contribution is 0.103. The number of hydrogen-bond donors (Lipinski definition) is 1. The highest BCUT2D eigenvalue weighted by Crippen LogP contribution is 2.29. The van der Waals surface area contributed by atoms with E-state index in [9.17, 15) is 9.59 Å². The minimum atomic E-state index is -0.141. The second-order valence-corrected chi connectivity index (χ2v) is 7.04. The van der Waals surface area contributed by atoms with E-state index >= 15 is 0 Å². The molecule has 1 heterocycles. The number of rotatable bonds is 0. The highest BCUT2D eigenvalue weighted by molar-refractivity contribution is 6.11. The molecule has 0 aliphatic heterocycles. The molecule has 0 unspecified atom stereocenters. The topological polar surface area (TPSA) is 49.9 Å². The lowest BCUT2D eigenvalue weighted by atomic mass is 9.96. The molecule has 27 heavy (non-hydrogen) atoms. The van der Waals surface area contributed by atoms with Crippen LogP contribution in [-0.2, 0) is 12.8 Å². The molecule has 1 N–H and O–H groups in total. The van der Waals surface area contributed by atoms with Crippen LogP contribution in [0, 0.1) is 0 Å². The molecule has 5 rings (SSSR count). The van der Waals surface area contributed by atoms with Gasteiger partial charge in [0.15, 0.2) is 5.78 Å². The van der Waals surface area contributed by atoms with Crippen molar-refractivity contribution >= 4 is 16.7 Å². The van der Waals surface area contributed by atoms with Crippen LogP contribution in [-0.4, -0.2) is 10.8 Å². The van der Waals surface area contributed by atoms with Crippen LogP contribution in [0.1, 0.15) is 27.0 Å². The van der Waals surface area contributed by atoms with Crippen LogP contribution in [0.4, 0.5) is 0 Å². The Morgan fingerprint density at radius 3 is 2.11 bits per heavy atom. The van der Waals surface area contributed by atoms with Crippen LogP contribution in [0.25, 0.3) is 22.0 Å². The Labute approximate surface area is 156 Å². The van der Waals surface area contributed by atoms with Gasteiger partial charge in [-0.25, -0.2) is 0 Å². The van der Waals surface area contributed by atoms with E-state index in [0.717, 1.165) is 40.4 Å². The van der Waals surface area contributed by atoms with Gasteiger partial charge in [0.25, 0.3) is 0 Å². The van der Waals surface area contributed by atoms with Gasteiger partial charge in [0, 0.05) is 28.1 Å². The fraction of sp³-hybridized carbons (Fsp3) is 0.0833. The van der Waals surface area contributed by atoms with Crippen LogP contribution in [0.15, 0.2) is 77.6 Å². The third-order valence-corrected chi connectivity index (χ3v) is 5.23. The molecule has 1 aliphatic rings. The van der Waals surface area contributed by atoms with Crippen molar-refractivity contribution in [3.63, 3.8) is 0 Å². The fourth-order valence-electron chi connectivity index (χ4n) is 3.85. The quantitative estimate of drug-likeness (QED) is 0.506. The lowest BCUT2D eigenvalue weighted by Crippen LogP contribution is -2.06. The molecule has 0 saturated carbocycles. The Balaban J connectivity index is 1.85. The van der Waals surface area contributed by atoms with Crippen molar-refractivity contribution in [2.75, 3.05) is 0 Å². The Kier molecular flexibility index (Phi) is 3.54. The largest absolute Gasteiger partial charge is 0.322 e. The molecule has 4 aromatic rings. The zero-order chi connectivity index (χ0) is 18.4. The van der Waals surface area contributed by atoms with Crippen molar-refractivity contribution in [3.8, 4) is 11.1 Å². The first-order valence-corrected chi connectivity index (χ1v) is 9.07. The molecule has 3 heteroatoms. The zero-order valence-electron chi connectivity index (χ0n) is 14.7. The average Bonchev–Trinajstić information content (AvgIpc) is 2.71. The van der Waals surface area contributed by atoms with E-state index in [2.05, 4.69) is 23.2 Å². The lowest BCUT2D eigenvalue weighted by Gasteiger charge is -2.09. The first-order chi connectivity index (χ1) is 13.2. The summed E-state index contributed by atoms with van der Waals surface area (Å²) in [4.78, 5) is 28.1. The number of aryl methyl sites for hydroxylation is 2. The Hall–Kier alpha value is -3.46. The van der Waals surface area contributed by atoms with E-state index < -0.39 is 0 Å². The Morgan fingerprint density at radius 2 is 1.33 bits per heavy atom. The van der Waals surface area contributed by atoms with Gasteiger partial charge in [-0.3, -0.25) is 9.59 Å². The second kappa shape index (κ2) is 6.06. The maximum Gasteiger partial charge on any atom is 0.249 e. The van der Waals surface area contributed by atoms with E-state index in [1.807, 2.05) is 42.5 Å². The highest BCUT2D eigenvalue weighted by Gasteiger charge is 2.14. The predicted molar refractivity (Wildman–Crippen MR) is 107 cm³/mol. The summed E-state index contributed by atoms with van der Waals surface area (Å²) in [6, 6.07) is 23.3. The van der Waals surface area contributed by atoms with Gasteiger partial charge in [-0.05, 0) is 59.4 Å². The van der Waals surface area contributed by atoms with Gasteiger partial charge < -0.3 is 4.98 Å². The molecule has 1 aromatic heterocycles. The number of fused-ring (bicyclic) bond motifs is 6. The van der Waals surface area contributed by atoms with Crippen molar-refractivity contribution < 1.29 is 4.79 Å². The number of ketones is 1. The Bertz CT molecular complexity index is 1270. The number of pyridine rings is 1. The monoisotopic (exact) mass is 351 g/mol. The molecule has 0 saturated heterocycles. The number of carbonyl (C=O) groups is 1. The normalized spacial score (nSPS) is 13.1. The molecule has 0 fully saturated rings. The minimum Gasteiger partial charge on any atom is -0.322 e. The highest BCUT2D eigenvalue weighted by atomic mass is 16.1. The summed E-state index contributed by atoms with van der Waals surface area (Å²) in [6.45, 7) is 0.